The number of carbonyl (C=O) groups excluding carboxylic acids is 2. The largest absolute Gasteiger partial charge is 0.462 e. The molecule has 2 aliphatic carbocycles. The molecule has 5 rings (SSSR count). The maximum Gasteiger partial charge on any atom is 0.407 e. The Balaban J connectivity index is 1.34. The molecule has 2 heterocycles. The Morgan fingerprint density at radius 1 is 1.22 bits per heavy atom. The van der Waals surface area contributed by atoms with Gasteiger partial charge in [-0.2, -0.15) is 0 Å². The van der Waals surface area contributed by atoms with Gasteiger partial charge in [0.15, 0.2) is 0 Å². The number of nitrogens with one attached hydrogen (secondary N) is 1. The average molecular weight is 493 g/mol. The van der Waals surface area contributed by atoms with Crippen molar-refractivity contribution >= 4 is 18.1 Å². The summed E-state index contributed by atoms with van der Waals surface area (Å²) in [6.07, 6.45) is 9.07. The predicted molar refractivity (Wildman–Crippen MR) is 134 cm³/mol. The van der Waals surface area contributed by atoms with E-state index in [1.807, 2.05) is 31.2 Å². The number of rotatable bonds is 5. The second-order valence-electron chi connectivity index (χ2n) is 10.3. The summed E-state index contributed by atoms with van der Waals surface area (Å²) in [6.45, 7) is 4.15. The lowest BCUT2D eigenvalue weighted by atomic mass is 9.57. The fourth-order valence-corrected chi connectivity index (χ4v) is 6.64. The third kappa shape index (κ3) is 5.01. The topological polar surface area (TPSA) is 77.5 Å². The van der Waals surface area contributed by atoms with Crippen molar-refractivity contribution in [2.75, 3.05) is 6.61 Å². The molecule has 1 aromatic carbocycles. The first-order valence-corrected chi connectivity index (χ1v) is 13.0. The van der Waals surface area contributed by atoms with E-state index < -0.39 is 0 Å². The molecule has 7 heteroatoms. The molecule has 0 unspecified atom stereocenters. The molecule has 2 aromatic rings. The summed E-state index contributed by atoms with van der Waals surface area (Å²) in [7, 11) is 0. The van der Waals surface area contributed by atoms with E-state index in [4.69, 9.17) is 9.47 Å². The summed E-state index contributed by atoms with van der Waals surface area (Å²) in [5.41, 5.74) is 2.48. The van der Waals surface area contributed by atoms with Crippen molar-refractivity contribution in [2.45, 2.75) is 51.7 Å². The lowest BCUT2D eigenvalue weighted by Crippen LogP contribution is -2.48. The van der Waals surface area contributed by atoms with E-state index in [9.17, 15) is 14.0 Å². The van der Waals surface area contributed by atoms with Gasteiger partial charge in [0.2, 0.25) is 0 Å². The van der Waals surface area contributed by atoms with Crippen LogP contribution in [0.5, 0.6) is 0 Å². The van der Waals surface area contributed by atoms with E-state index in [1.54, 1.807) is 19.2 Å². The zero-order valence-corrected chi connectivity index (χ0v) is 20.7. The second-order valence-corrected chi connectivity index (χ2v) is 10.3. The van der Waals surface area contributed by atoms with Gasteiger partial charge in [0.25, 0.3) is 0 Å². The number of allylic oxidation sites excluding steroid dienone is 1. The molecule has 1 amide bonds. The Bertz CT molecular complexity index is 1130. The molecule has 0 spiro atoms. The van der Waals surface area contributed by atoms with Crippen molar-refractivity contribution < 1.29 is 23.5 Å². The lowest BCUT2D eigenvalue weighted by molar-refractivity contribution is -0.144. The smallest absolute Gasteiger partial charge is 0.407 e. The Hall–Kier alpha value is -3.22. The van der Waals surface area contributed by atoms with Crippen molar-refractivity contribution in [1.82, 2.24) is 10.3 Å². The number of benzene rings is 1. The van der Waals surface area contributed by atoms with E-state index in [2.05, 4.69) is 16.4 Å². The van der Waals surface area contributed by atoms with Gasteiger partial charge in [-0.15, -0.1) is 0 Å². The third-order valence-electron chi connectivity index (χ3n) is 8.18. The first kappa shape index (κ1) is 24.5. The monoisotopic (exact) mass is 492 g/mol. The Kier molecular flexibility index (Phi) is 7.08. The molecule has 36 heavy (non-hydrogen) atoms. The van der Waals surface area contributed by atoms with E-state index >= 15 is 0 Å². The molecule has 2 saturated carbocycles. The summed E-state index contributed by atoms with van der Waals surface area (Å²) in [6, 6.07) is 10.4. The summed E-state index contributed by atoms with van der Waals surface area (Å²) in [5.74, 6) is 0.629. The number of aromatic nitrogens is 1. The van der Waals surface area contributed by atoms with Crippen LogP contribution in [0.25, 0.3) is 17.2 Å². The summed E-state index contributed by atoms with van der Waals surface area (Å²) < 4.78 is 24.3. The fraction of sp³-hybridized carbons (Fsp3) is 0.483. The number of hydrogen-bond acceptors (Lipinski definition) is 5. The SMILES string of the molecule is CCOC(=O)N[C@@H]1CC[C@H]2[C@H](C1)C[C@H]1C(=O)O[C@@H](C)[C@H]1[C@H]2/C=C/c1ccc(-c2cccc(F)c2)cn1. The maximum atomic E-state index is 13.6. The van der Waals surface area contributed by atoms with Gasteiger partial charge in [-0.3, -0.25) is 9.78 Å². The highest BCUT2D eigenvalue weighted by Gasteiger charge is 2.54. The molecule has 190 valence electrons. The van der Waals surface area contributed by atoms with Crippen LogP contribution < -0.4 is 5.32 Å². The van der Waals surface area contributed by atoms with Crippen molar-refractivity contribution in [3.63, 3.8) is 0 Å². The summed E-state index contributed by atoms with van der Waals surface area (Å²) in [5, 5.41) is 3.00. The lowest BCUT2D eigenvalue weighted by Gasteiger charge is -2.47. The number of cyclic esters (lactones) is 1. The quantitative estimate of drug-likeness (QED) is 0.548. The molecule has 7 atom stereocenters. The van der Waals surface area contributed by atoms with Crippen LogP contribution in [0.3, 0.4) is 0 Å². The number of fused-ring (bicyclic) bond motifs is 2. The summed E-state index contributed by atoms with van der Waals surface area (Å²) in [4.78, 5) is 29.2. The number of ether oxygens (including phenoxy) is 2. The first-order valence-electron chi connectivity index (χ1n) is 13.0. The van der Waals surface area contributed by atoms with Gasteiger partial charge in [-0.25, -0.2) is 9.18 Å². The molecule has 1 aromatic heterocycles. The molecular weight excluding hydrogens is 459 g/mol. The number of halogens is 1. The van der Waals surface area contributed by atoms with Gasteiger partial charge >= 0.3 is 12.1 Å². The molecule has 3 fully saturated rings. The molecule has 0 bridgehead atoms. The minimum Gasteiger partial charge on any atom is -0.462 e. The minimum atomic E-state index is -0.368. The van der Waals surface area contributed by atoms with Gasteiger partial charge in [0, 0.05) is 23.7 Å². The first-order chi connectivity index (χ1) is 17.4. The zero-order chi connectivity index (χ0) is 25.2. The Labute approximate surface area is 211 Å². The highest BCUT2D eigenvalue weighted by Crippen LogP contribution is 2.53. The highest BCUT2D eigenvalue weighted by molar-refractivity contribution is 5.75. The van der Waals surface area contributed by atoms with E-state index in [1.165, 1.54) is 12.1 Å². The fourth-order valence-electron chi connectivity index (χ4n) is 6.64. The molecular formula is C29H33FN2O4. The van der Waals surface area contributed by atoms with E-state index in [0.29, 0.717) is 18.4 Å². The van der Waals surface area contributed by atoms with Crippen LogP contribution >= 0.6 is 0 Å². The van der Waals surface area contributed by atoms with Crippen molar-refractivity contribution in [3.8, 4) is 11.1 Å². The average Bonchev–Trinajstić information content (AvgIpc) is 3.15. The van der Waals surface area contributed by atoms with Crippen LogP contribution in [-0.4, -0.2) is 35.8 Å². The highest BCUT2D eigenvalue weighted by atomic mass is 19.1. The number of esters is 1. The number of hydrogen-bond donors (Lipinski definition) is 1. The Morgan fingerprint density at radius 2 is 2.08 bits per heavy atom. The van der Waals surface area contributed by atoms with Gasteiger partial charge in [-0.1, -0.05) is 24.3 Å². The van der Waals surface area contributed by atoms with Crippen LogP contribution in [0.2, 0.25) is 0 Å². The van der Waals surface area contributed by atoms with Crippen molar-refractivity contribution in [2.24, 2.45) is 29.6 Å². The molecule has 3 aliphatic rings. The predicted octanol–water partition coefficient (Wildman–Crippen LogP) is 5.63. The Morgan fingerprint density at radius 3 is 2.83 bits per heavy atom. The van der Waals surface area contributed by atoms with Crippen molar-refractivity contribution in [1.29, 1.82) is 0 Å². The van der Waals surface area contributed by atoms with Gasteiger partial charge in [0.05, 0.1) is 18.2 Å². The molecule has 1 aliphatic heterocycles. The molecule has 0 radical (unpaired) electrons. The molecule has 1 N–H and O–H groups in total. The number of alkyl carbamates (subject to hydrolysis) is 1. The maximum absolute atomic E-state index is 13.6. The van der Waals surface area contributed by atoms with Gasteiger partial charge in [0.1, 0.15) is 11.9 Å². The zero-order valence-electron chi connectivity index (χ0n) is 20.7. The van der Waals surface area contributed by atoms with Crippen LogP contribution in [0.15, 0.2) is 48.7 Å². The van der Waals surface area contributed by atoms with Crippen LogP contribution in [-0.2, 0) is 14.3 Å². The molecule has 6 nitrogen and oxygen atoms in total. The van der Waals surface area contributed by atoms with Crippen LogP contribution in [0.1, 0.15) is 45.2 Å². The molecule has 1 saturated heterocycles. The van der Waals surface area contributed by atoms with Gasteiger partial charge in [-0.05, 0) is 87.1 Å². The normalized spacial score (nSPS) is 31.4. The standard InChI is InChI=1S/C29H33FN2O4/c1-3-35-29(34)32-23-10-11-24-20(14-23)15-26-27(17(2)36-28(26)33)25(24)12-9-22-8-7-19(16-31-22)18-5-4-6-21(30)13-18/h4-9,12-13,16-17,20,23-27H,3,10-11,14-15H2,1-2H3,(H,32,34)/b12-9+/t17-,20+,23+,24-,25-,26+,27-/m0/s1. The van der Waals surface area contributed by atoms with Gasteiger partial charge < -0.3 is 14.8 Å². The van der Waals surface area contributed by atoms with E-state index in [-0.39, 0.29) is 47.8 Å². The van der Waals surface area contributed by atoms with Crippen LogP contribution in [0, 0.1) is 35.4 Å². The van der Waals surface area contributed by atoms with Crippen LogP contribution in [0.4, 0.5) is 9.18 Å². The number of amides is 1. The summed E-state index contributed by atoms with van der Waals surface area (Å²) >= 11 is 0. The second kappa shape index (κ2) is 10.4. The van der Waals surface area contributed by atoms with E-state index in [0.717, 1.165) is 42.5 Å². The number of pyridine rings is 1. The van der Waals surface area contributed by atoms with Crippen molar-refractivity contribution in [3.05, 3.63) is 60.2 Å². The minimum absolute atomic E-state index is 0.0679. The number of carbonyl (C=O) groups is 2. The third-order valence-corrected chi connectivity index (χ3v) is 8.18. The number of nitrogens with zero attached hydrogens (tertiary/aromatic N) is 1.